The third kappa shape index (κ3) is 4.62. The number of likely N-dealkylation sites (tertiary alicyclic amines) is 2. The number of hydrogen-bond acceptors (Lipinski definition) is 5. The molecule has 0 aromatic carbocycles. The predicted octanol–water partition coefficient (Wildman–Crippen LogP) is 4.58. The van der Waals surface area contributed by atoms with Crippen LogP contribution in [0.3, 0.4) is 0 Å². The molecular formula is C28H32N4O3S. The highest BCUT2D eigenvalue weighted by molar-refractivity contribution is 7.15. The molecule has 5 heterocycles. The zero-order valence-corrected chi connectivity index (χ0v) is 21.9. The lowest BCUT2D eigenvalue weighted by Crippen LogP contribution is -2.44. The maximum absolute atomic E-state index is 13.5. The predicted molar refractivity (Wildman–Crippen MR) is 140 cm³/mol. The monoisotopic (exact) mass is 504 g/mol. The molecule has 1 spiro atoms. The molecule has 0 unspecified atom stereocenters. The zero-order chi connectivity index (χ0) is 25.4. The third-order valence-electron chi connectivity index (χ3n) is 7.89. The van der Waals surface area contributed by atoms with Crippen molar-refractivity contribution in [2.24, 2.45) is 5.41 Å². The van der Waals surface area contributed by atoms with Gasteiger partial charge in [0.05, 0.1) is 15.3 Å². The van der Waals surface area contributed by atoms with Crippen LogP contribution in [-0.4, -0.2) is 63.1 Å². The molecule has 2 amide bonds. The molecule has 0 atom stereocenters. The molecule has 2 aliphatic rings. The number of carbonyl (C=O) groups excluding carboxylic acids is 3. The summed E-state index contributed by atoms with van der Waals surface area (Å²) in [5, 5.41) is 0. The van der Waals surface area contributed by atoms with Crippen molar-refractivity contribution in [3.8, 4) is 0 Å². The number of carbonyl (C=O) groups is 3. The van der Waals surface area contributed by atoms with E-state index in [4.69, 9.17) is 0 Å². The molecule has 5 rings (SSSR count). The fourth-order valence-corrected chi connectivity index (χ4v) is 6.47. The van der Waals surface area contributed by atoms with Crippen LogP contribution in [0.1, 0.15) is 72.8 Å². The summed E-state index contributed by atoms with van der Waals surface area (Å²) >= 11 is 1.27. The second kappa shape index (κ2) is 9.65. The number of ketones is 1. The molecule has 3 aromatic heterocycles. The van der Waals surface area contributed by atoms with Gasteiger partial charge in [-0.25, -0.2) is 0 Å². The summed E-state index contributed by atoms with van der Waals surface area (Å²) in [7, 11) is 0. The van der Waals surface area contributed by atoms with Crippen LogP contribution in [0.15, 0.2) is 42.7 Å². The minimum absolute atomic E-state index is 0.00880. The Morgan fingerprint density at radius 1 is 0.917 bits per heavy atom. The highest BCUT2D eigenvalue weighted by atomic mass is 32.1. The summed E-state index contributed by atoms with van der Waals surface area (Å²) in [6.45, 7) is 9.21. The fourth-order valence-electron chi connectivity index (χ4n) is 5.60. The van der Waals surface area contributed by atoms with Gasteiger partial charge in [0.15, 0.2) is 5.78 Å². The lowest BCUT2D eigenvalue weighted by molar-refractivity contribution is 0.0569. The summed E-state index contributed by atoms with van der Waals surface area (Å²) in [5.41, 5.74) is 4.10. The quantitative estimate of drug-likeness (QED) is 0.477. The van der Waals surface area contributed by atoms with E-state index in [0.717, 1.165) is 61.4 Å². The van der Waals surface area contributed by atoms with E-state index < -0.39 is 0 Å². The van der Waals surface area contributed by atoms with Gasteiger partial charge in [-0.1, -0.05) is 0 Å². The first-order valence-electron chi connectivity index (χ1n) is 12.5. The number of thiophene rings is 1. The molecule has 2 aliphatic heterocycles. The van der Waals surface area contributed by atoms with Crippen molar-refractivity contribution < 1.29 is 14.4 Å². The molecular weight excluding hydrogens is 472 g/mol. The van der Waals surface area contributed by atoms with Gasteiger partial charge in [-0.15, -0.1) is 11.3 Å². The van der Waals surface area contributed by atoms with E-state index in [1.54, 1.807) is 24.5 Å². The van der Waals surface area contributed by atoms with Gasteiger partial charge >= 0.3 is 0 Å². The number of hydrogen-bond donors (Lipinski definition) is 0. The molecule has 7 nitrogen and oxygen atoms in total. The van der Waals surface area contributed by atoms with Crippen LogP contribution < -0.4 is 0 Å². The summed E-state index contributed by atoms with van der Waals surface area (Å²) in [5.74, 6) is 0.107. The Morgan fingerprint density at radius 2 is 1.56 bits per heavy atom. The summed E-state index contributed by atoms with van der Waals surface area (Å²) in [4.78, 5) is 47.3. The zero-order valence-electron chi connectivity index (χ0n) is 21.1. The average molecular weight is 505 g/mol. The van der Waals surface area contributed by atoms with Crippen molar-refractivity contribution in [3.63, 3.8) is 0 Å². The number of amides is 2. The Hall–Kier alpha value is -3.26. The van der Waals surface area contributed by atoms with E-state index in [1.165, 1.54) is 18.3 Å². The minimum Gasteiger partial charge on any atom is -0.344 e. The van der Waals surface area contributed by atoms with Crippen LogP contribution in [-0.2, 0) is 6.54 Å². The number of Topliss-reactive ketones (excluding diaryl/α,β-unsaturated/α-hetero) is 1. The van der Waals surface area contributed by atoms with Crippen LogP contribution >= 0.6 is 11.3 Å². The van der Waals surface area contributed by atoms with E-state index in [1.807, 2.05) is 34.9 Å². The molecule has 188 valence electrons. The van der Waals surface area contributed by atoms with Gasteiger partial charge in [0.25, 0.3) is 11.8 Å². The lowest BCUT2D eigenvalue weighted by Gasteiger charge is -2.39. The van der Waals surface area contributed by atoms with Crippen molar-refractivity contribution >= 4 is 28.9 Å². The first-order valence-corrected chi connectivity index (χ1v) is 13.3. The molecule has 0 bridgehead atoms. The molecule has 0 saturated carbocycles. The third-order valence-corrected chi connectivity index (χ3v) is 9.07. The van der Waals surface area contributed by atoms with Crippen LogP contribution in [0, 0.1) is 19.3 Å². The number of aromatic nitrogens is 2. The Bertz CT molecular complexity index is 1300. The SMILES string of the molecule is CC(=O)c1ccc(C(=O)N2CCC3(CC2)CCN(C(=O)c2cc(C)n(Cc4ccncc4)c2C)C3)s1. The molecule has 3 aromatic rings. The van der Waals surface area contributed by atoms with Gasteiger partial charge < -0.3 is 14.4 Å². The highest BCUT2D eigenvalue weighted by Crippen LogP contribution is 2.41. The fraction of sp³-hybridized carbons (Fsp3) is 0.429. The average Bonchev–Trinajstić information content (AvgIpc) is 3.60. The second-order valence-electron chi connectivity index (χ2n) is 10.2. The van der Waals surface area contributed by atoms with Gasteiger partial charge in [0.2, 0.25) is 0 Å². The Kier molecular flexibility index (Phi) is 6.55. The smallest absolute Gasteiger partial charge is 0.263 e. The first-order chi connectivity index (χ1) is 17.3. The molecule has 2 saturated heterocycles. The number of rotatable bonds is 5. The second-order valence-corrected chi connectivity index (χ2v) is 11.3. The van der Waals surface area contributed by atoms with Crippen LogP contribution in [0.4, 0.5) is 0 Å². The maximum Gasteiger partial charge on any atom is 0.263 e. The van der Waals surface area contributed by atoms with Crippen molar-refractivity contribution in [2.75, 3.05) is 26.2 Å². The van der Waals surface area contributed by atoms with Crippen molar-refractivity contribution in [1.29, 1.82) is 0 Å². The van der Waals surface area contributed by atoms with Gasteiger partial charge in [-0.05, 0) is 81.3 Å². The Balaban J connectivity index is 1.22. The summed E-state index contributed by atoms with van der Waals surface area (Å²) < 4.78 is 2.20. The number of piperidine rings is 1. The maximum atomic E-state index is 13.5. The van der Waals surface area contributed by atoms with Crippen LogP contribution in [0.25, 0.3) is 0 Å². The van der Waals surface area contributed by atoms with E-state index in [2.05, 4.69) is 16.5 Å². The van der Waals surface area contributed by atoms with E-state index in [9.17, 15) is 14.4 Å². The lowest BCUT2D eigenvalue weighted by atomic mass is 9.77. The Morgan fingerprint density at radius 3 is 2.19 bits per heavy atom. The first kappa shape index (κ1) is 24.4. The van der Waals surface area contributed by atoms with Crippen molar-refractivity contribution in [1.82, 2.24) is 19.4 Å². The molecule has 0 radical (unpaired) electrons. The standard InChI is InChI=1S/C28H32N4O3S/c1-19-16-23(20(2)32(19)17-22-6-11-29-12-7-22)26(34)31-15-10-28(18-31)8-13-30(14-9-28)27(35)25-5-4-24(36-25)21(3)33/h4-7,11-12,16H,8-10,13-15,17-18H2,1-3H3. The topological polar surface area (TPSA) is 75.5 Å². The minimum atomic E-state index is -0.00880. The van der Waals surface area contributed by atoms with Gasteiger partial charge in [0.1, 0.15) is 0 Å². The summed E-state index contributed by atoms with van der Waals surface area (Å²) in [6, 6.07) is 9.52. The van der Waals surface area contributed by atoms with Crippen molar-refractivity contribution in [3.05, 3.63) is 75.0 Å². The van der Waals surface area contributed by atoms with E-state index >= 15 is 0 Å². The van der Waals surface area contributed by atoms with Gasteiger partial charge in [0, 0.05) is 56.5 Å². The van der Waals surface area contributed by atoms with Crippen LogP contribution in [0.2, 0.25) is 0 Å². The molecule has 2 fully saturated rings. The number of aryl methyl sites for hydroxylation is 1. The van der Waals surface area contributed by atoms with Gasteiger partial charge in [-0.2, -0.15) is 0 Å². The Labute approximate surface area is 215 Å². The van der Waals surface area contributed by atoms with Crippen LogP contribution in [0.5, 0.6) is 0 Å². The van der Waals surface area contributed by atoms with E-state index in [-0.39, 0.29) is 23.0 Å². The van der Waals surface area contributed by atoms with Gasteiger partial charge in [-0.3, -0.25) is 19.4 Å². The largest absolute Gasteiger partial charge is 0.344 e. The van der Waals surface area contributed by atoms with E-state index in [0.29, 0.717) is 22.8 Å². The number of pyridine rings is 1. The molecule has 0 N–H and O–H groups in total. The highest BCUT2D eigenvalue weighted by Gasteiger charge is 2.43. The van der Waals surface area contributed by atoms with Crippen molar-refractivity contribution in [2.45, 2.75) is 46.6 Å². The molecule has 8 heteroatoms. The normalized spacial score (nSPS) is 17.1. The molecule has 36 heavy (non-hydrogen) atoms. The molecule has 0 aliphatic carbocycles. The summed E-state index contributed by atoms with van der Waals surface area (Å²) in [6.07, 6.45) is 6.36. The number of nitrogens with zero attached hydrogens (tertiary/aromatic N) is 4.